The van der Waals surface area contributed by atoms with E-state index in [1.54, 1.807) is 25.5 Å². The van der Waals surface area contributed by atoms with Gasteiger partial charge in [-0.25, -0.2) is 4.79 Å². The summed E-state index contributed by atoms with van der Waals surface area (Å²) in [7, 11) is 1.57. The summed E-state index contributed by atoms with van der Waals surface area (Å²) in [5.41, 5.74) is 1.97. The Bertz CT molecular complexity index is 581. The van der Waals surface area contributed by atoms with Gasteiger partial charge in [-0.3, -0.25) is 0 Å². The summed E-state index contributed by atoms with van der Waals surface area (Å²) in [5, 5.41) is 14.6. The average molecular weight is 318 g/mol. The fraction of sp³-hybridized carbons (Fsp3) is 0.353. The van der Waals surface area contributed by atoms with E-state index < -0.39 is 0 Å². The third-order valence-corrected chi connectivity index (χ3v) is 3.43. The fourth-order valence-electron chi connectivity index (χ4n) is 2.19. The van der Waals surface area contributed by atoms with Gasteiger partial charge in [0.1, 0.15) is 11.8 Å². The van der Waals surface area contributed by atoms with Gasteiger partial charge in [0, 0.05) is 13.7 Å². The summed E-state index contributed by atoms with van der Waals surface area (Å²) < 4.78 is 10.4. The Hall–Kier alpha value is -2.31. The standard InChI is InChI=1S/C17H22N2O4/c1-22-12-15(16-3-2-10-23-16)19-17(21)18-9-8-13-4-6-14(11-20)7-5-13/h2-7,10,15,20H,8-9,11-12H2,1H3,(H2,18,19,21). The van der Waals surface area contributed by atoms with E-state index in [1.165, 1.54) is 0 Å². The number of benzene rings is 1. The molecule has 0 bridgehead atoms. The van der Waals surface area contributed by atoms with Crippen LogP contribution in [0.15, 0.2) is 47.1 Å². The number of aliphatic hydroxyl groups excluding tert-OH is 1. The molecule has 0 saturated heterocycles. The fourth-order valence-corrected chi connectivity index (χ4v) is 2.19. The Morgan fingerprint density at radius 3 is 2.61 bits per heavy atom. The molecule has 0 spiro atoms. The molecule has 1 aromatic carbocycles. The minimum atomic E-state index is -0.321. The molecule has 1 heterocycles. The van der Waals surface area contributed by atoms with Crippen molar-refractivity contribution in [2.45, 2.75) is 19.1 Å². The van der Waals surface area contributed by atoms with E-state index in [0.29, 0.717) is 18.9 Å². The van der Waals surface area contributed by atoms with Crippen molar-refractivity contribution in [3.8, 4) is 0 Å². The Balaban J connectivity index is 1.77. The number of carbonyl (C=O) groups is 1. The van der Waals surface area contributed by atoms with Gasteiger partial charge in [-0.15, -0.1) is 0 Å². The number of aliphatic hydroxyl groups is 1. The molecular formula is C17H22N2O4. The molecule has 1 atom stereocenters. The maximum atomic E-state index is 12.0. The van der Waals surface area contributed by atoms with Gasteiger partial charge < -0.3 is 24.9 Å². The Morgan fingerprint density at radius 2 is 2.00 bits per heavy atom. The van der Waals surface area contributed by atoms with Gasteiger partial charge in [-0.1, -0.05) is 24.3 Å². The largest absolute Gasteiger partial charge is 0.467 e. The monoisotopic (exact) mass is 318 g/mol. The molecule has 0 aliphatic carbocycles. The van der Waals surface area contributed by atoms with Crippen LogP contribution < -0.4 is 10.6 Å². The Morgan fingerprint density at radius 1 is 1.26 bits per heavy atom. The molecule has 2 rings (SSSR count). The van der Waals surface area contributed by atoms with Crippen molar-refractivity contribution >= 4 is 6.03 Å². The topological polar surface area (TPSA) is 83.7 Å². The van der Waals surface area contributed by atoms with Crippen LogP contribution in [0.2, 0.25) is 0 Å². The number of ether oxygens (including phenoxy) is 1. The minimum absolute atomic E-state index is 0.0363. The highest BCUT2D eigenvalue weighted by molar-refractivity contribution is 5.74. The van der Waals surface area contributed by atoms with Gasteiger partial charge in [0.05, 0.1) is 19.5 Å². The first-order valence-electron chi connectivity index (χ1n) is 7.48. The third-order valence-electron chi connectivity index (χ3n) is 3.43. The van der Waals surface area contributed by atoms with Crippen molar-refractivity contribution in [1.29, 1.82) is 0 Å². The van der Waals surface area contributed by atoms with E-state index in [-0.39, 0.29) is 18.7 Å². The van der Waals surface area contributed by atoms with Crippen molar-refractivity contribution in [2.24, 2.45) is 0 Å². The maximum Gasteiger partial charge on any atom is 0.315 e. The number of hydrogen-bond acceptors (Lipinski definition) is 4. The molecule has 1 unspecified atom stereocenters. The van der Waals surface area contributed by atoms with E-state index in [2.05, 4.69) is 10.6 Å². The molecule has 124 valence electrons. The van der Waals surface area contributed by atoms with Crippen LogP contribution in [-0.4, -0.2) is 31.4 Å². The number of amides is 2. The van der Waals surface area contributed by atoms with Crippen molar-refractivity contribution in [3.63, 3.8) is 0 Å². The van der Waals surface area contributed by atoms with Crippen LogP contribution in [0.5, 0.6) is 0 Å². The van der Waals surface area contributed by atoms with Gasteiger partial charge in [0.2, 0.25) is 0 Å². The summed E-state index contributed by atoms with van der Waals surface area (Å²) in [6.45, 7) is 0.889. The second-order valence-electron chi connectivity index (χ2n) is 5.15. The quantitative estimate of drug-likeness (QED) is 0.695. The van der Waals surface area contributed by atoms with Crippen molar-refractivity contribution in [2.75, 3.05) is 20.3 Å². The van der Waals surface area contributed by atoms with Gasteiger partial charge >= 0.3 is 6.03 Å². The number of rotatable bonds is 8. The smallest absolute Gasteiger partial charge is 0.315 e. The summed E-state index contributed by atoms with van der Waals surface area (Å²) in [6.07, 6.45) is 2.28. The Labute approximate surface area is 135 Å². The molecule has 0 aliphatic heterocycles. The summed E-state index contributed by atoms with van der Waals surface area (Å²) in [4.78, 5) is 12.0. The molecule has 0 saturated carbocycles. The highest BCUT2D eigenvalue weighted by Gasteiger charge is 2.16. The maximum absolute atomic E-state index is 12.0. The molecule has 0 radical (unpaired) electrons. The van der Waals surface area contributed by atoms with Crippen LogP contribution in [-0.2, 0) is 17.8 Å². The molecule has 6 nitrogen and oxygen atoms in total. The lowest BCUT2D eigenvalue weighted by molar-refractivity contribution is 0.157. The number of nitrogens with one attached hydrogen (secondary N) is 2. The average Bonchev–Trinajstić information content (AvgIpc) is 3.09. The zero-order valence-corrected chi connectivity index (χ0v) is 13.1. The number of carbonyl (C=O) groups excluding carboxylic acids is 1. The molecular weight excluding hydrogens is 296 g/mol. The lowest BCUT2D eigenvalue weighted by atomic mass is 10.1. The van der Waals surface area contributed by atoms with Gasteiger partial charge in [-0.05, 0) is 29.7 Å². The van der Waals surface area contributed by atoms with Crippen molar-refractivity contribution in [3.05, 3.63) is 59.5 Å². The van der Waals surface area contributed by atoms with Crippen molar-refractivity contribution < 1.29 is 19.1 Å². The van der Waals surface area contributed by atoms with Gasteiger partial charge in [0.15, 0.2) is 0 Å². The predicted octanol–water partition coefficient (Wildman–Crippen LogP) is 2.00. The third kappa shape index (κ3) is 5.43. The van der Waals surface area contributed by atoms with Crippen LogP contribution in [0.1, 0.15) is 22.9 Å². The number of hydrogen-bond donors (Lipinski definition) is 3. The molecule has 0 aliphatic rings. The van der Waals surface area contributed by atoms with Gasteiger partial charge in [-0.2, -0.15) is 0 Å². The minimum Gasteiger partial charge on any atom is -0.467 e. The lowest BCUT2D eigenvalue weighted by Crippen LogP contribution is -2.40. The first kappa shape index (κ1) is 17.1. The van der Waals surface area contributed by atoms with Gasteiger partial charge in [0.25, 0.3) is 0 Å². The first-order chi connectivity index (χ1) is 11.2. The zero-order valence-electron chi connectivity index (χ0n) is 13.1. The molecule has 2 aromatic rings. The first-order valence-corrected chi connectivity index (χ1v) is 7.48. The number of methoxy groups -OCH3 is 1. The Kier molecular flexibility index (Phi) is 6.65. The van der Waals surface area contributed by atoms with Crippen LogP contribution in [0.25, 0.3) is 0 Å². The van der Waals surface area contributed by atoms with Crippen molar-refractivity contribution in [1.82, 2.24) is 10.6 Å². The van der Waals surface area contributed by atoms with Crippen LogP contribution in [0.4, 0.5) is 4.79 Å². The van der Waals surface area contributed by atoms with E-state index in [4.69, 9.17) is 14.3 Å². The molecule has 1 aromatic heterocycles. The number of furan rings is 1. The highest BCUT2D eigenvalue weighted by Crippen LogP contribution is 2.13. The van der Waals surface area contributed by atoms with E-state index in [0.717, 1.165) is 17.5 Å². The lowest BCUT2D eigenvalue weighted by Gasteiger charge is -2.16. The molecule has 6 heteroatoms. The van der Waals surface area contributed by atoms with E-state index in [1.807, 2.05) is 24.3 Å². The second kappa shape index (κ2) is 8.97. The number of urea groups is 1. The molecule has 3 N–H and O–H groups in total. The van der Waals surface area contributed by atoms with E-state index in [9.17, 15) is 4.79 Å². The normalized spacial score (nSPS) is 11.9. The zero-order chi connectivity index (χ0) is 16.5. The van der Waals surface area contributed by atoms with Crippen LogP contribution in [0.3, 0.4) is 0 Å². The molecule has 0 fully saturated rings. The molecule has 2 amide bonds. The van der Waals surface area contributed by atoms with Crippen LogP contribution >= 0.6 is 0 Å². The molecule has 23 heavy (non-hydrogen) atoms. The van der Waals surface area contributed by atoms with Crippen LogP contribution in [0, 0.1) is 0 Å². The summed E-state index contributed by atoms with van der Waals surface area (Å²) >= 11 is 0. The predicted molar refractivity (Wildman–Crippen MR) is 85.9 cm³/mol. The summed E-state index contributed by atoms with van der Waals surface area (Å²) in [6, 6.07) is 10.6. The second-order valence-corrected chi connectivity index (χ2v) is 5.15. The SMILES string of the molecule is COCC(NC(=O)NCCc1ccc(CO)cc1)c1ccco1. The highest BCUT2D eigenvalue weighted by atomic mass is 16.5. The summed E-state index contributed by atoms with van der Waals surface area (Å²) in [5.74, 6) is 0.654. The van der Waals surface area contributed by atoms with E-state index >= 15 is 0 Å².